The molecule has 2 unspecified atom stereocenters. The first-order valence-electron chi connectivity index (χ1n) is 9.67. The molecule has 6 nitrogen and oxygen atoms in total. The number of amides is 2. The van der Waals surface area contributed by atoms with E-state index in [0.29, 0.717) is 13.1 Å². The molecule has 2 saturated heterocycles. The first-order valence-corrected chi connectivity index (χ1v) is 9.67. The van der Waals surface area contributed by atoms with E-state index in [4.69, 9.17) is 4.74 Å². The average Bonchev–Trinajstić information content (AvgIpc) is 3.31. The van der Waals surface area contributed by atoms with Gasteiger partial charge in [0.25, 0.3) is 0 Å². The molecule has 0 radical (unpaired) electrons. The molecular weight excluding hydrogens is 330 g/mol. The van der Waals surface area contributed by atoms with Crippen LogP contribution in [0.15, 0.2) is 24.3 Å². The Hall–Kier alpha value is -2.08. The molecule has 2 heterocycles. The molecule has 26 heavy (non-hydrogen) atoms. The summed E-state index contributed by atoms with van der Waals surface area (Å²) in [7, 11) is 0. The van der Waals surface area contributed by atoms with Gasteiger partial charge in [0.1, 0.15) is 0 Å². The summed E-state index contributed by atoms with van der Waals surface area (Å²) in [6, 6.07) is 8.03. The molecule has 2 amide bonds. The molecule has 1 aromatic carbocycles. The van der Waals surface area contributed by atoms with Gasteiger partial charge in [0.05, 0.1) is 12.0 Å². The number of anilines is 2. The van der Waals surface area contributed by atoms with Crippen molar-refractivity contribution >= 4 is 23.2 Å². The van der Waals surface area contributed by atoms with Crippen molar-refractivity contribution in [2.24, 2.45) is 5.92 Å². The summed E-state index contributed by atoms with van der Waals surface area (Å²) in [4.78, 5) is 28.8. The quantitative estimate of drug-likeness (QED) is 0.811. The summed E-state index contributed by atoms with van der Waals surface area (Å²) in [5.41, 5.74) is 2.01. The molecule has 0 aliphatic carbocycles. The number of nitrogens with one attached hydrogen (secondary N) is 1. The van der Waals surface area contributed by atoms with Crippen molar-refractivity contribution in [3.8, 4) is 0 Å². The number of hydrogen-bond donors (Lipinski definition) is 1. The number of carbonyl (C=O) groups excluding carboxylic acids is 2. The van der Waals surface area contributed by atoms with E-state index in [1.807, 2.05) is 24.3 Å². The van der Waals surface area contributed by atoms with Gasteiger partial charge in [0, 0.05) is 50.6 Å². The summed E-state index contributed by atoms with van der Waals surface area (Å²) >= 11 is 0. The van der Waals surface area contributed by atoms with Gasteiger partial charge in [-0.3, -0.25) is 9.59 Å². The Balaban J connectivity index is 1.57. The van der Waals surface area contributed by atoms with Crippen molar-refractivity contribution in [2.45, 2.75) is 39.2 Å². The van der Waals surface area contributed by atoms with Gasteiger partial charge in [0.15, 0.2) is 0 Å². The fourth-order valence-corrected chi connectivity index (χ4v) is 3.73. The van der Waals surface area contributed by atoms with Crippen LogP contribution in [0.3, 0.4) is 0 Å². The Kier molecular flexibility index (Phi) is 6.14. The van der Waals surface area contributed by atoms with Crippen molar-refractivity contribution in [1.29, 1.82) is 0 Å². The van der Waals surface area contributed by atoms with Gasteiger partial charge in [-0.1, -0.05) is 0 Å². The van der Waals surface area contributed by atoms with E-state index in [-0.39, 0.29) is 30.3 Å². The van der Waals surface area contributed by atoms with Gasteiger partial charge in [0.2, 0.25) is 11.8 Å². The van der Waals surface area contributed by atoms with Gasteiger partial charge < -0.3 is 19.9 Å². The van der Waals surface area contributed by atoms with Crippen LogP contribution in [-0.4, -0.2) is 50.7 Å². The summed E-state index contributed by atoms with van der Waals surface area (Å²) in [6.07, 6.45) is 2.45. The second-order valence-electron chi connectivity index (χ2n) is 6.97. The lowest BCUT2D eigenvalue weighted by molar-refractivity contribution is -0.126. The van der Waals surface area contributed by atoms with Crippen LogP contribution < -0.4 is 15.1 Å². The molecule has 6 heteroatoms. The Labute approximate surface area is 155 Å². The zero-order chi connectivity index (χ0) is 18.5. The van der Waals surface area contributed by atoms with Gasteiger partial charge in [-0.25, -0.2) is 0 Å². The number of ether oxygens (including phenoxy) is 1. The third-order valence-corrected chi connectivity index (χ3v) is 5.31. The van der Waals surface area contributed by atoms with Gasteiger partial charge in [-0.15, -0.1) is 0 Å². The lowest BCUT2D eigenvalue weighted by atomic mass is 10.1. The van der Waals surface area contributed by atoms with Crippen LogP contribution >= 0.6 is 0 Å². The average molecular weight is 359 g/mol. The van der Waals surface area contributed by atoms with E-state index in [2.05, 4.69) is 24.1 Å². The maximum Gasteiger partial charge on any atom is 0.227 e. The topological polar surface area (TPSA) is 61.9 Å². The number of nitrogens with zero attached hydrogens (tertiary/aromatic N) is 2. The molecule has 1 N–H and O–H groups in total. The van der Waals surface area contributed by atoms with E-state index in [1.54, 1.807) is 4.90 Å². The number of benzene rings is 1. The summed E-state index contributed by atoms with van der Waals surface area (Å²) in [5.74, 6) is -0.319. The molecule has 2 atom stereocenters. The lowest BCUT2D eigenvalue weighted by Gasteiger charge is -2.22. The van der Waals surface area contributed by atoms with Crippen LogP contribution in [0.5, 0.6) is 0 Å². The van der Waals surface area contributed by atoms with Crippen molar-refractivity contribution in [1.82, 2.24) is 5.32 Å². The number of rotatable bonds is 7. The predicted octanol–water partition coefficient (Wildman–Crippen LogP) is 2.18. The molecule has 2 aliphatic rings. The summed E-state index contributed by atoms with van der Waals surface area (Å²) in [5, 5.41) is 2.95. The second kappa shape index (κ2) is 8.54. The molecule has 0 spiro atoms. The third-order valence-electron chi connectivity index (χ3n) is 5.31. The molecule has 2 aliphatic heterocycles. The maximum atomic E-state index is 12.4. The van der Waals surface area contributed by atoms with E-state index in [9.17, 15) is 9.59 Å². The fraction of sp³-hybridized carbons (Fsp3) is 0.600. The van der Waals surface area contributed by atoms with Gasteiger partial charge >= 0.3 is 0 Å². The predicted molar refractivity (Wildman–Crippen MR) is 102 cm³/mol. The Morgan fingerprint density at radius 2 is 2.00 bits per heavy atom. The normalized spacial score (nSPS) is 22.7. The van der Waals surface area contributed by atoms with E-state index in [0.717, 1.165) is 43.9 Å². The lowest BCUT2D eigenvalue weighted by Crippen LogP contribution is -2.37. The molecule has 0 aromatic heterocycles. The second-order valence-corrected chi connectivity index (χ2v) is 6.97. The van der Waals surface area contributed by atoms with Gasteiger partial charge in [-0.2, -0.15) is 0 Å². The van der Waals surface area contributed by atoms with E-state index < -0.39 is 0 Å². The van der Waals surface area contributed by atoms with Crippen LogP contribution in [-0.2, 0) is 14.3 Å². The molecule has 0 bridgehead atoms. The van der Waals surface area contributed by atoms with Crippen molar-refractivity contribution in [2.75, 3.05) is 42.6 Å². The molecule has 1 aromatic rings. The van der Waals surface area contributed by atoms with Gasteiger partial charge in [-0.05, 0) is 51.0 Å². The summed E-state index contributed by atoms with van der Waals surface area (Å²) in [6.45, 7) is 7.92. The van der Waals surface area contributed by atoms with Crippen LogP contribution in [0, 0.1) is 5.92 Å². The zero-order valence-corrected chi connectivity index (χ0v) is 15.7. The smallest absolute Gasteiger partial charge is 0.227 e. The van der Waals surface area contributed by atoms with Crippen LogP contribution in [0.25, 0.3) is 0 Å². The molecule has 0 saturated carbocycles. The highest BCUT2D eigenvalue weighted by molar-refractivity contribution is 6.00. The van der Waals surface area contributed by atoms with E-state index in [1.165, 1.54) is 0 Å². The van der Waals surface area contributed by atoms with Crippen LogP contribution in [0.2, 0.25) is 0 Å². The minimum Gasteiger partial charge on any atom is -0.376 e. The summed E-state index contributed by atoms with van der Waals surface area (Å²) < 4.78 is 5.53. The van der Waals surface area contributed by atoms with Crippen LogP contribution in [0.1, 0.15) is 33.1 Å². The highest BCUT2D eigenvalue weighted by Gasteiger charge is 2.35. The molecule has 2 fully saturated rings. The highest BCUT2D eigenvalue weighted by atomic mass is 16.5. The Morgan fingerprint density at radius 3 is 2.62 bits per heavy atom. The highest BCUT2D eigenvalue weighted by Crippen LogP contribution is 2.27. The Morgan fingerprint density at radius 1 is 1.27 bits per heavy atom. The zero-order valence-electron chi connectivity index (χ0n) is 15.7. The van der Waals surface area contributed by atoms with Crippen LogP contribution in [0.4, 0.5) is 11.4 Å². The van der Waals surface area contributed by atoms with E-state index >= 15 is 0 Å². The molecule has 3 rings (SSSR count). The van der Waals surface area contributed by atoms with Crippen molar-refractivity contribution in [3.63, 3.8) is 0 Å². The number of hydrogen-bond acceptors (Lipinski definition) is 4. The maximum absolute atomic E-state index is 12.4. The minimum atomic E-state index is -0.286. The Bertz CT molecular complexity index is 622. The largest absolute Gasteiger partial charge is 0.376 e. The molecule has 142 valence electrons. The number of carbonyl (C=O) groups is 2. The minimum absolute atomic E-state index is 0.0119. The monoisotopic (exact) mass is 359 g/mol. The SMILES string of the molecule is CCN(CC)c1ccc(N2CC(C(=O)NCC3CCCO3)CC2=O)cc1. The first kappa shape index (κ1) is 18.7. The van der Waals surface area contributed by atoms with Crippen molar-refractivity contribution < 1.29 is 14.3 Å². The standard InChI is InChI=1S/C20H29N3O3/c1-3-22(4-2)16-7-9-17(10-8-16)23-14-15(12-19(23)24)20(25)21-13-18-6-5-11-26-18/h7-10,15,18H,3-6,11-14H2,1-2H3,(H,21,25). The molecular formula is C20H29N3O3. The fourth-order valence-electron chi connectivity index (χ4n) is 3.73. The third kappa shape index (κ3) is 4.18. The first-order chi connectivity index (χ1) is 12.6. The van der Waals surface area contributed by atoms with Crippen molar-refractivity contribution in [3.05, 3.63) is 24.3 Å².